The summed E-state index contributed by atoms with van der Waals surface area (Å²) < 4.78 is 10.8. The zero-order valence-corrected chi connectivity index (χ0v) is 48.4. The molecule has 0 bridgehead atoms. The van der Waals surface area contributed by atoms with E-state index in [9.17, 15) is 48.3 Å². The van der Waals surface area contributed by atoms with Crippen molar-refractivity contribution in [1.82, 2.24) is 35.7 Å². The number of H-pyrrole nitrogens is 1. The molecule has 0 aliphatic carbocycles. The number of aromatic hydroxyl groups is 1. The maximum absolute atomic E-state index is 14.8. The van der Waals surface area contributed by atoms with Crippen molar-refractivity contribution >= 4 is 59.0 Å². The first kappa shape index (κ1) is 65.4. The van der Waals surface area contributed by atoms with Crippen LogP contribution in [-0.2, 0) is 73.9 Å². The quantitative estimate of drug-likeness (QED) is 0.0145. The molecule has 0 saturated carbocycles. The Hall–Kier alpha value is -8.43. The van der Waals surface area contributed by atoms with Gasteiger partial charge in [-0.1, -0.05) is 114 Å². The van der Waals surface area contributed by atoms with Gasteiger partial charge < -0.3 is 56.8 Å². The lowest BCUT2D eigenvalue weighted by Crippen LogP contribution is -2.54. The second-order valence-corrected chi connectivity index (χ2v) is 21.8. The molecule has 1 aliphatic rings. The number of aromatic amines is 1. The highest BCUT2D eigenvalue weighted by Gasteiger charge is 2.41. The summed E-state index contributed by atoms with van der Waals surface area (Å²) in [5.41, 5.74) is 13.7. The fourth-order valence-electron chi connectivity index (χ4n) is 9.80. The number of hydrogen-bond donors (Lipinski definition) is 7. The summed E-state index contributed by atoms with van der Waals surface area (Å²) in [5, 5.41) is 18.6. The largest absolute Gasteiger partial charge is 0.508 e. The Bertz CT molecular complexity index is 2810. The van der Waals surface area contributed by atoms with Crippen molar-refractivity contribution < 1.29 is 57.7 Å². The Kier molecular flexibility index (Phi) is 25.9. The zero-order valence-electron chi connectivity index (χ0n) is 48.4. The van der Waals surface area contributed by atoms with E-state index < -0.39 is 108 Å². The smallest absolute Gasteiger partial charge is 0.410 e. The Morgan fingerprint density at radius 3 is 1.96 bits per heavy atom. The predicted octanol–water partition coefficient (Wildman–Crippen LogP) is 4.86. The average molecular weight is 1150 g/mol. The minimum Gasteiger partial charge on any atom is -0.508 e. The zero-order chi connectivity index (χ0) is 60.6. The number of hydrogen-bond acceptors (Lipinski definition) is 14. The number of likely N-dealkylation sites (N-methyl/N-ethyl adjacent to an activating group) is 1. The Balaban J connectivity index is 1.32. The number of aliphatic imine (C=N–C) groups is 1. The number of nitrogens with two attached hydrogens (primary N) is 2. The maximum atomic E-state index is 14.8. The van der Waals surface area contributed by atoms with Crippen LogP contribution >= 0.6 is 0 Å². The summed E-state index contributed by atoms with van der Waals surface area (Å²) in [6.45, 7) is 8.69. The highest BCUT2D eigenvalue weighted by Crippen LogP contribution is 2.27. The van der Waals surface area contributed by atoms with Crippen molar-refractivity contribution in [1.29, 1.82) is 0 Å². The first-order valence-corrected chi connectivity index (χ1v) is 28.3. The van der Waals surface area contributed by atoms with Crippen molar-refractivity contribution in [3.8, 4) is 5.75 Å². The van der Waals surface area contributed by atoms with Crippen LogP contribution in [0.3, 0.4) is 0 Å². The van der Waals surface area contributed by atoms with Crippen LogP contribution in [-0.4, -0.2) is 135 Å². The molecule has 5 amide bonds. The standard InChI is InChI=1S/C61H82N10O12/c1-7-39(4)47(57(78)69-50(30-44-33-64-37-66-44)58(79)71-27-15-21-51(71)54(75)28-40(5)59(80)82-35-42-16-10-8-11-17-42)32-53(74)49(29-41-22-24-45(72)25-23-41)68-56(77)46(38(2)3)31-52(73)48(20-14-26-65-60(62)63)67-55(76)34-70(6)61(81)83-36-43-18-12-9-13-19-43/h8-13,16-19,22-25,33,37-40,46-51,72H,7,14-15,20-21,26-32,34-36H2,1-6H3,(H,64,66)(H,67,76)(H,68,77)(H,69,78)(H4,62,63,65)/t39?,40-,46-,47-,48-,49-,50-,51-/m0/s1. The van der Waals surface area contributed by atoms with E-state index in [1.807, 2.05) is 43.3 Å². The number of guanidine groups is 1. The second-order valence-electron chi connectivity index (χ2n) is 21.8. The number of rotatable bonds is 33. The predicted molar refractivity (Wildman–Crippen MR) is 309 cm³/mol. The number of amides is 5. The summed E-state index contributed by atoms with van der Waals surface area (Å²) in [7, 11) is 1.38. The van der Waals surface area contributed by atoms with E-state index in [-0.39, 0.29) is 88.7 Å². The van der Waals surface area contributed by atoms with E-state index in [0.29, 0.717) is 30.5 Å². The number of likely N-dealkylation sites (tertiary alicyclic amines) is 1. The summed E-state index contributed by atoms with van der Waals surface area (Å²) >= 11 is 0. The van der Waals surface area contributed by atoms with Gasteiger partial charge in [-0.2, -0.15) is 0 Å². The lowest BCUT2D eigenvalue weighted by Gasteiger charge is -2.31. The Morgan fingerprint density at radius 2 is 1.36 bits per heavy atom. The first-order valence-electron chi connectivity index (χ1n) is 28.3. The van der Waals surface area contributed by atoms with Gasteiger partial charge in [0, 0.05) is 69.5 Å². The number of ketones is 3. The number of benzene rings is 3. The minimum atomic E-state index is -1.24. The number of imidazole rings is 1. The van der Waals surface area contributed by atoms with Gasteiger partial charge in [0.15, 0.2) is 23.3 Å². The molecule has 1 unspecified atom stereocenters. The average Bonchev–Trinajstić information content (AvgIpc) is 4.41. The molecule has 1 aromatic heterocycles. The van der Waals surface area contributed by atoms with Crippen LogP contribution in [0.5, 0.6) is 5.75 Å². The molecule has 2 heterocycles. The monoisotopic (exact) mass is 1150 g/mol. The van der Waals surface area contributed by atoms with Gasteiger partial charge >= 0.3 is 12.1 Å². The van der Waals surface area contributed by atoms with Gasteiger partial charge in [-0.15, -0.1) is 0 Å². The van der Waals surface area contributed by atoms with Gasteiger partial charge in [0.25, 0.3) is 0 Å². The van der Waals surface area contributed by atoms with Crippen molar-refractivity contribution in [2.75, 3.05) is 26.7 Å². The van der Waals surface area contributed by atoms with Crippen molar-refractivity contribution in [3.05, 3.63) is 120 Å². The number of carbonyl (C=O) groups excluding carboxylic acids is 9. The van der Waals surface area contributed by atoms with Crippen LogP contribution in [0.15, 0.2) is 102 Å². The first-order chi connectivity index (χ1) is 39.6. The molecule has 448 valence electrons. The molecule has 83 heavy (non-hydrogen) atoms. The van der Waals surface area contributed by atoms with E-state index in [0.717, 1.165) is 16.0 Å². The summed E-state index contributed by atoms with van der Waals surface area (Å²) in [4.78, 5) is 140. The molecular formula is C61H82N10O12. The molecule has 8 atom stereocenters. The summed E-state index contributed by atoms with van der Waals surface area (Å²) in [6.07, 6.45) is 2.87. The van der Waals surface area contributed by atoms with Gasteiger partial charge in [0.05, 0.1) is 30.4 Å². The molecule has 0 radical (unpaired) electrons. The summed E-state index contributed by atoms with van der Waals surface area (Å²) in [5.74, 6) is -8.21. The van der Waals surface area contributed by atoms with E-state index in [2.05, 4.69) is 30.9 Å². The number of aromatic nitrogens is 2. The highest BCUT2D eigenvalue weighted by atomic mass is 16.6. The molecule has 1 aliphatic heterocycles. The lowest BCUT2D eigenvalue weighted by molar-refractivity contribution is -0.151. The Labute approximate surface area is 485 Å². The van der Waals surface area contributed by atoms with Crippen LogP contribution < -0.4 is 27.4 Å². The van der Waals surface area contributed by atoms with Gasteiger partial charge in [0.2, 0.25) is 23.6 Å². The van der Waals surface area contributed by atoms with E-state index in [1.165, 1.54) is 36.6 Å². The Morgan fingerprint density at radius 1 is 0.759 bits per heavy atom. The number of phenolic OH excluding ortho intramolecular Hbond substituents is 1. The number of esters is 1. The molecule has 1 fully saturated rings. The van der Waals surface area contributed by atoms with Gasteiger partial charge in [-0.25, -0.2) is 9.78 Å². The topological polar surface area (TPSA) is 328 Å². The third-order valence-corrected chi connectivity index (χ3v) is 14.9. The van der Waals surface area contributed by atoms with Crippen molar-refractivity contribution in [3.63, 3.8) is 0 Å². The number of Topliss-reactive ketones (excluding diaryl/α,β-unsaturated/α-hetero) is 3. The van der Waals surface area contributed by atoms with Crippen molar-refractivity contribution in [2.24, 2.45) is 46.0 Å². The SMILES string of the molecule is CCC(C)[C@H](CC(=O)[C@H](Cc1ccc(O)cc1)NC(=O)[C@@H](CC(=O)[C@H](CCCN=C(N)N)NC(=O)CN(C)C(=O)OCc1ccccc1)C(C)C)C(=O)N[C@@H](Cc1cnc[nH]1)C(=O)N1CCC[C@H]1C(=O)C[C@H](C)C(=O)OCc1ccccc1. The van der Waals surface area contributed by atoms with Crippen LogP contribution in [0.25, 0.3) is 0 Å². The third kappa shape index (κ3) is 21.1. The molecule has 4 aromatic rings. The number of nitrogens with one attached hydrogen (secondary N) is 4. The second kappa shape index (κ2) is 32.9. The van der Waals surface area contributed by atoms with Crippen LogP contribution in [0.1, 0.15) is 108 Å². The van der Waals surface area contributed by atoms with Gasteiger partial charge in [0.1, 0.15) is 31.5 Å². The molecule has 22 nitrogen and oxygen atoms in total. The molecule has 22 heteroatoms. The fourth-order valence-corrected chi connectivity index (χ4v) is 9.80. The third-order valence-electron chi connectivity index (χ3n) is 14.9. The number of carbonyl (C=O) groups is 9. The van der Waals surface area contributed by atoms with Crippen LogP contribution in [0, 0.1) is 29.6 Å². The fraction of sp³-hybridized carbons (Fsp3) is 0.492. The van der Waals surface area contributed by atoms with Crippen LogP contribution in [0.2, 0.25) is 0 Å². The minimum absolute atomic E-state index is 0.0215. The molecular weight excluding hydrogens is 1060 g/mol. The molecule has 0 spiro atoms. The normalized spacial score (nSPS) is 15.5. The van der Waals surface area contributed by atoms with E-state index in [4.69, 9.17) is 20.9 Å². The molecule has 9 N–H and O–H groups in total. The van der Waals surface area contributed by atoms with E-state index in [1.54, 1.807) is 64.1 Å². The number of ether oxygens (including phenoxy) is 2. The molecule has 3 aromatic carbocycles. The summed E-state index contributed by atoms with van der Waals surface area (Å²) in [6, 6.07) is 19.8. The number of nitrogens with zero attached hydrogens (tertiary/aromatic N) is 4. The highest BCUT2D eigenvalue weighted by molar-refractivity contribution is 5.98. The van der Waals surface area contributed by atoms with Gasteiger partial charge in [-0.3, -0.25) is 43.3 Å². The molecule has 1 saturated heterocycles. The van der Waals surface area contributed by atoms with E-state index >= 15 is 0 Å². The molecule has 5 rings (SSSR count). The lowest BCUT2D eigenvalue weighted by atomic mass is 9.83. The van der Waals surface area contributed by atoms with Crippen molar-refractivity contribution in [2.45, 2.75) is 136 Å². The van der Waals surface area contributed by atoms with Gasteiger partial charge in [-0.05, 0) is 72.8 Å². The van der Waals surface area contributed by atoms with Crippen LogP contribution in [0.4, 0.5) is 4.79 Å². The maximum Gasteiger partial charge on any atom is 0.410 e. The number of phenols is 1.